The minimum Gasteiger partial charge on any atom is -0.251 e. The smallest absolute Gasteiger partial charge is 0.0766 e. The lowest BCUT2D eigenvalue weighted by Gasteiger charge is -2.23. The summed E-state index contributed by atoms with van der Waals surface area (Å²) in [5, 5.41) is 7.43. The first-order valence-electron chi connectivity index (χ1n) is 15.6. The van der Waals surface area contributed by atoms with Crippen molar-refractivity contribution in [3.63, 3.8) is 0 Å². The fourth-order valence-electron chi connectivity index (χ4n) is 7.27. The maximum atomic E-state index is 5.65. The van der Waals surface area contributed by atoms with Gasteiger partial charge >= 0.3 is 0 Å². The summed E-state index contributed by atoms with van der Waals surface area (Å²) in [6, 6.07) is 61.6. The van der Waals surface area contributed by atoms with E-state index in [2.05, 4.69) is 170 Å². The van der Waals surface area contributed by atoms with Crippen LogP contribution in [-0.2, 0) is 0 Å². The van der Waals surface area contributed by atoms with Gasteiger partial charge in [-0.15, -0.1) is 0 Å². The van der Waals surface area contributed by atoms with Crippen LogP contribution in [0.5, 0.6) is 0 Å². The van der Waals surface area contributed by atoms with Crippen molar-refractivity contribution >= 4 is 43.7 Å². The van der Waals surface area contributed by atoms with Gasteiger partial charge in [0, 0.05) is 11.1 Å². The highest BCUT2D eigenvalue weighted by Gasteiger charge is 2.36. The van der Waals surface area contributed by atoms with E-state index in [1.807, 2.05) is 0 Å². The standard InChI is InChI=1S/C44H29N/c1-3-15-31(16-4-1)41-42-39(35-25-23-29-13-7-9-19-33(29)27-35)37-21-11-12-22-38(37)40(36-26-24-30-14-8-10-20-34(30)28-36)44(42)45-43(41)32-17-5-2-6-18-32/h1-28,41H. The summed E-state index contributed by atoms with van der Waals surface area (Å²) >= 11 is 0. The minimum absolute atomic E-state index is 0.0196. The summed E-state index contributed by atoms with van der Waals surface area (Å²) in [4.78, 5) is 5.65. The molecule has 0 aliphatic carbocycles. The molecule has 0 amide bonds. The monoisotopic (exact) mass is 571 g/mol. The molecule has 1 unspecified atom stereocenters. The van der Waals surface area contributed by atoms with Crippen molar-refractivity contribution < 1.29 is 0 Å². The first kappa shape index (κ1) is 25.7. The summed E-state index contributed by atoms with van der Waals surface area (Å²) in [5.74, 6) is -0.0196. The molecular weight excluding hydrogens is 542 g/mol. The Labute approximate surface area is 262 Å². The highest BCUT2D eigenvalue weighted by molar-refractivity contribution is 6.21. The Balaban J connectivity index is 1.44. The molecule has 0 saturated heterocycles. The van der Waals surface area contributed by atoms with Crippen molar-refractivity contribution in [1.29, 1.82) is 0 Å². The number of rotatable bonds is 4. The van der Waals surface area contributed by atoms with Gasteiger partial charge in [-0.3, -0.25) is 4.99 Å². The summed E-state index contributed by atoms with van der Waals surface area (Å²) in [5.41, 5.74) is 10.7. The van der Waals surface area contributed by atoms with Gasteiger partial charge in [0.2, 0.25) is 0 Å². The molecule has 1 aliphatic heterocycles. The highest BCUT2D eigenvalue weighted by Crippen LogP contribution is 2.55. The number of hydrogen-bond acceptors (Lipinski definition) is 1. The number of fused-ring (bicyclic) bond motifs is 4. The third-order valence-corrected chi connectivity index (χ3v) is 9.30. The van der Waals surface area contributed by atoms with Crippen molar-refractivity contribution in [2.45, 2.75) is 5.92 Å². The van der Waals surface area contributed by atoms with E-state index < -0.39 is 0 Å². The molecule has 0 N–H and O–H groups in total. The van der Waals surface area contributed by atoms with E-state index in [1.54, 1.807) is 0 Å². The zero-order chi connectivity index (χ0) is 29.7. The molecule has 210 valence electrons. The SMILES string of the molecule is c1ccc(C2=Nc3c(c(-c4ccc5ccccc5c4)c4ccccc4c3-c3ccc4ccccc4c3)C2c2ccccc2)cc1. The van der Waals surface area contributed by atoms with Crippen LogP contribution in [0.15, 0.2) is 175 Å². The van der Waals surface area contributed by atoms with E-state index in [0.717, 1.165) is 17.0 Å². The molecule has 0 fully saturated rings. The third kappa shape index (κ3) is 4.20. The van der Waals surface area contributed by atoms with E-state index in [-0.39, 0.29) is 5.92 Å². The van der Waals surface area contributed by atoms with Gasteiger partial charge in [-0.2, -0.15) is 0 Å². The molecule has 9 rings (SSSR count). The molecule has 8 aromatic carbocycles. The van der Waals surface area contributed by atoms with Crippen molar-refractivity contribution in [2.75, 3.05) is 0 Å². The maximum absolute atomic E-state index is 5.65. The maximum Gasteiger partial charge on any atom is 0.0766 e. The van der Waals surface area contributed by atoms with Crippen LogP contribution in [0.4, 0.5) is 5.69 Å². The van der Waals surface area contributed by atoms with Crippen LogP contribution in [-0.4, -0.2) is 5.71 Å². The Bertz CT molecular complexity index is 2420. The Morgan fingerprint density at radius 2 is 0.867 bits per heavy atom. The molecule has 45 heavy (non-hydrogen) atoms. The average molecular weight is 572 g/mol. The third-order valence-electron chi connectivity index (χ3n) is 9.30. The Hall–Kier alpha value is -5.79. The van der Waals surface area contributed by atoms with Gasteiger partial charge in [0.05, 0.1) is 17.3 Å². The van der Waals surface area contributed by atoms with E-state index in [0.29, 0.717) is 0 Å². The Morgan fingerprint density at radius 3 is 1.49 bits per heavy atom. The molecule has 0 saturated carbocycles. The Morgan fingerprint density at radius 1 is 0.378 bits per heavy atom. The van der Waals surface area contributed by atoms with E-state index in [4.69, 9.17) is 4.99 Å². The summed E-state index contributed by atoms with van der Waals surface area (Å²) in [6.07, 6.45) is 0. The zero-order valence-electron chi connectivity index (χ0n) is 24.7. The van der Waals surface area contributed by atoms with Crippen LogP contribution < -0.4 is 0 Å². The lowest BCUT2D eigenvalue weighted by molar-refractivity contribution is 1.12. The first-order valence-corrected chi connectivity index (χ1v) is 15.6. The number of benzene rings is 8. The average Bonchev–Trinajstić information content (AvgIpc) is 3.51. The number of aliphatic imine (C=N–C) groups is 1. The molecule has 0 spiro atoms. The Kier molecular flexibility index (Phi) is 5.96. The van der Waals surface area contributed by atoms with Crippen LogP contribution in [0.25, 0.3) is 54.6 Å². The zero-order valence-corrected chi connectivity index (χ0v) is 24.7. The molecule has 0 bridgehead atoms. The van der Waals surface area contributed by atoms with Gasteiger partial charge in [-0.25, -0.2) is 0 Å². The van der Waals surface area contributed by atoms with Gasteiger partial charge < -0.3 is 0 Å². The van der Waals surface area contributed by atoms with Crippen molar-refractivity contribution in [1.82, 2.24) is 0 Å². The van der Waals surface area contributed by atoms with E-state index in [9.17, 15) is 0 Å². The molecule has 0 aromatic heterocycles. The van der Waals surface area contributed by atoms with E-state index in [1.165, 1.54) is 65.7 Å². The minimum atomic E-state index is -0.0196. The highest BCUT2D eigenvalue weighted by atomic mass is 14.8. The van der Waals surface area contributed by atoms with Crippen LogP contribution in [0.3, 0.4) is 0 Å². The van der Waals surface area contributed by atoms with Crippen LogP contribution >= 0.6 is 0 Å². The van der Waals surface area contributed by atoms with Crippen LogP contribution in [0.1, 0.15) is 22.6 Å². The van der Waals surface area contributed by atoms with Gasteiger partial charge in [0.25, 0.3) is 0 Å². The lowest BCUT2D eigenvalue weighted by atomic mass is 9.78. The second-order valence-corrected chi connectivity index (χ2v) is 11.9. The second-order valence-electron chi connectivity index (χ2n) is 11.9. The van der Waals surface area contributed by atoms with Gasteiger partial charge in [-0.1, -0.05) is 158 Å². The predicted molar refractivity (Wildman–Crippen MR) is 191 cm³/mol. The molecular formula is C44H29N. The van der Waals surface area contributed by atoms with Crippen molar-refractivity contribution in [3.05, 3.63) is 187 Å². The van der Waals surface area contributed by atoms with Gasteiger partial charge in [0.1, 0.15) is 0 Å². The normalized spacial score (nSPS) is 14.1. The molecule has 1 nitrogen and oxygen atoms in total. The van der Waals surface area contributed by atoms with Crippen molar-refractivity contribution in [2.24, 2.45) is 4.99 Å². The molecule has 0 radical (unpaired) electrons. The van der Waals surface area contributed by atoms with E-state index >= 15 is 0 Å². The summed E-state index contributed by atoms with van der Waals surface area (Å²) in [6.45, 7) is 0. The fraction of sp³-hybridized carbons (Fsp3) is 0.0227. The molecule has 1 atom stereocenters. The summed E-state index contributed by atoms with van der Waals surface area (Å²) < 4.78 is 0. The van der Waals surface area contributed by atoms with Crippen LogP contribution in [0, 0.1) is 0 Å². The molecule has 1 aliphatic rings. The topological polar surface area (TPSA) is 12.4 Å². The quantitative estimate of drug-likeness (QED) is 0.199. The fourth-order valence-corrected chi connectivity index (χ4v) is 7.27. The van der Waals surface area contributed by atoms with Gasteiger partial charge in [-0.05, 0) is 72.3 Å². The molecule has 8 aromatic rings. The largest absolute Gasteiger partial charge is 0.251 e. The van der Waals surface area contributed by atoms with Gasteiger partial charge in [0.15, 0.2) is 0 Å². The predicted octanol–water partition coefficient (Wildman–Crippen LogP) is 11.7. The van der Waals surface area contributed by atoms with Crippen molar-refractivity contribution in [3.8, 4) is 22.3 Å². The van der Waals surface area contributed by atoms with Crippen LogP contribution in [0.2, 0.25) is 0 Å². The lowest BCUT2D eigenvalue weighted by Crippen LogP contribution is -2.12. The number of hydrogen-bond donors (Lipinski definition) is 0. The summed E-state index contributed by atoms with van der Waals surface area (Å²) in [7, 11) is 0. The molecule has 1 heteroatoms. The first-order chi connectivity index (χ1) is 22.3. The second kappa shape index (κ2) is 10.4. The molecule has 1 heterocycles. The number of nitrogens with zero attached hydrogens (tertiary/aromatic N) is 1.